The van der Waals surface area contributed by atoms with E-state index in [1.165, 1.54) is 0 Å². The van der Waals surface area contributed by atoms with Gasteiger partial charge in [-0.15, -0.1) is 11.3 Å². The summed E-state index contributed by atoms with van der Waals surface area (Å²) in [5.41, 5.74) is 2.04. The fraction of sp³-hybridized carbons (Fsp3) is 0.412. The molecule has 0 spiro atoms. The molecule has 1 saturated heterocycles. The first-order valence-corrected chi connectivity index (χ1v) is 8.87. The van der Waals surface area contributed by atoms with Gasteiger partial charge in [0.1, 0.15) is 0 Å². The average Bonchev–Trinajstić information content (AvgIpc) is 3.25. The van der Waals surface area contributed by atoms with Crippen molar-refractivity contribution in [3.05, 3.63) is 29.8 Å². The molecule has 3 aromatic heterocycles. The van der Waals surface area contributed by atoms with Gasteiger partial charge < -0.3 is 9.47 Å². The minimum absolute atomic E-state index is 0.384. The van der Waals surface area contributed by atoms with Gasteiger partial charge in [0.05, 0.1) is 40.3 Å². The number of aromatic nitrogens is 3. The van der Waals surface area contributed by atoms with Crippen LogP contribution in [0.4, 0.5) is 0 Å². The van der Waals surface area contributed by atoms with Crippen LogP contribution in [-0.2, 0) is 4.74 Å². The molecule has 0 aliphatic carbocycles. The SMILES string of the molecule is CCOc1nc(-c2cccs2)cc2c1cnn2C1CCOCC1. The van der Waals surface area contributed by atoms with Gasteiger partial charge in [0.25, 0.3) is 0 Å². The quantitative estimate of drug-likeness (QED) is 0.728. The van der Waals surface area contributed by atoms with E-state index in [0.29, 0.717) is 18.5 Å². The van der Waals surface area contributed by atoms with Gasteiger partial charge >= 0.3 is 0 Å². The maximum Gasteiger partial charge on any atom is 0.225 e. The van der Waals surface area contributed by atoms with Gasteiger partial charge in [-0.3, -0.25) is 4.68 Å². The van der Waals surface area contributed by atoms with Crippen LogP contribution in [0.2, 0.25) is 0 Å². The van der Waals surface area contributed by atoms with E-state index in [1.807, 2.05) is 19.2 Å². The van der Waals surface area contributed by atoms with E-state index in [1.54, 1.807) is 11.3 Å². The minimum atomic E-state index is 0.384. The summed E-state index contributed by atoms with van der Waals surface area (Å²) in [4.78, 5) is 5.85. The summed E-state index contributed by atoms with van der Waals surface area (Å²) in [6, 6.07) is 6.65. The number of hydrogen-bond donors (Lipinski definition) is 0. The van der Waals surface area contributed by atoms with Crippen molar-refractivity contribution in [1.29, 1.82) is 0 Å². The number of rotatable bonds is 4. The molecule has 5 nitrogen and oxygen atoms in total. The minimum Gasteiger partial charge on any atom is -0.477 e. The zero-order valence-corrected chi connectivity index (χ0v) is 13.9. The molecular weight excluding hydrogens is 310 g/mol. The van der Waals surface area contributed by atoms with Crippen LogP contribution in [0.15, 0.2) is 29.8 Å². The molecule has 0 atom stereocenters. The molecule has 3 aromatic rings. The van der Waals surface area contributed by atoms with Crippen molar-refractivity contribution in [3.8, 4) is 16.5 Å². The monoisotopic (exact) mass is 329 g/mol. The van der Waals surface area contributed by atoms with Crippen LogP contribution in [-0.4, -0.2) is 34.6 Å². The molecule has 1 aliphatic rings. The lowest BCUT2D eigenvalue weighted by Crippen LogP contribution is -2.20. The Labute approximate surface area is 138 Å². The lowest BCUT2D eigenvalue weighted by atomic mass is 10.1. The van der Waals surface area contributed by atoms with Crippen molar-refractivity contribution in [2.45, 2.75) is 25.8 Å². The summed E-state index contributed by atoms with van der Waals surface area (Å²) >= 11 is 1.69. The van der Waals surface area contributed by atoms with Crippen LogP contribution in [0.3, 0.4) is 0 Å². The van der Waals surface area contributed by atoms with Gasteiger partial charge in [0.2, 0.25) is 5.88 Å². The zero-order valence-electron chi connectivity index (χ0n) is 13.1. The van der Waals surface area contributed by atoms with Gasteiger partial charge in [0, 0.05) is 13.2 Å². The summed E-state index contributed by atoms with van der Waals surface area (Å²) < 4.78 is 13.4. The van der Waals surface area contributed by atoms with Crippen LogP contribution in [0.1, 0.15) is 25.8 Å². The zero-order chi connectivity index (χ0) is 15.6. The van der Waals surface area contributed by atoms with E-state index in [9.17, 15) is 0 Å². The molecule has 120 valence electrons. The third-order valence-electron chi connectivity index (χ3n) is 4.15. The van der Waals surface area contributed by atoms with E-state index < -0.39 is 0 Å². The molecule has 0 N–H and O–H groups in total. The van der Waals surface area contributed by atoms with Crippen LogP contribution in [0, 0.1) is 0 Å². The topological polar surface area (TPSA) is 49.2 Å². The summed E-state index contributed by atoms with van der Waals surface area (Å²) in [7, 11) is 0. The normalized spacial score (nSPS) is 16.0. The second-order valence-electron chi connectivity index (χ2n) is 5.59. The highest BCUT2D eigenvalue weighted by Gasteiger charge is 2.21. The Morgan fingerprint density at radius 2 is 2.26 bits per heavy atom. The van der Waals surface area contributed by atoms with Gasteiger partial charge in [0.15, 0.2) is 0 Å². The molecule has 1 aliphatic heterocycles. The number of pyridine rings is 1. The Kier molecular flexibility index (Phi) is 4.01. The van der Waals surface area contributed by atoms with E-state index >= 15 is 0 Å². The number of thiophene rings is 1. The maximum atomic E-state index is 5.77. The summed E-state index contributed by atoms with van der Waals surface area (Å²) in [5.74, 6) is 0.673. The number of fused-ring (bicyclic) bond motifs is 1. The van der Waals surface area contributed by atoms with Crippen LogP contribution in [0.5, 0.6) is 5.88 Å². The summed E-state index contributed by atoms with van der Waals surface area (Å²) in [6.07, 6.45) is 3.87. The largest absolute Gasteiger partial charge is 0.477 e. The molecule has 0 unspecified atom stereocenters. The molecular formula is C17H19N3O2S. The van der Waals surface area contributed by atoms with Crippen molar-refractivity contribution in [2.24, 2.45) is 0 Å². The smallest absolute Gasteiger partial charge is 0.225 e. The molecule has 4 rings (SSSR count). The fourth-order valence-electron chi connectivity index (χ4n) is 3.03. The van der Waals surface area contributed by atoms with Crippen molar-refractivity contribution >= 4 is 22.2 Å². The lowest BCUT2D eigenvalue weighted by molar-refractivity contribution is 0.0675. The van der Waals surface area contributed by atoms with E-state index in [4.69, 9.17) is 14.5 Å². The standard InChI is InChI=1S/C17H19N3O2S/c1-2-22-17-13-11-18-20(12-5-7-21-8-6-12)15(13)10-14(19-17)16-4-3-9-23-16/h3-4,9-12H,2,5-8H2,1H3. The van der Waals surface area contributed by atoms with Crippen LogP contribution in [0.25, 0.3) is 21.5 Å². The second-order valence-corrected chi connectivity index (χ2v) is 6.54. The van der Waals surface area contributed by atoms with Crippen molar-refractivity contribution in [1.82, 2.24) is 14.8 Å². The third kappa shape index (κ3) is 2.72. The average molecular weight is 329 g/mol. The molecule has 0 aromatic carbocycles. The molecule has 4 heterocycles. The van der Waals surface area contributed by atoms with Crippen molar-refractivity contribution in [3.63, 3.8) is 0 Å². The fourth-order valence-corrected chi connectivity index (χ4v) is 3.72. The molecule has 23 heavy (non-hydrogen) atoms. The Balaban J connectivity index is 1.85. The maximum absolute atomic E-state index is 5.77. The lowest BCUT2D eigenvalue weighted by Gasteiger charge is -2.23. The van der Waals surface area contributed by atoms with Gasteiger partial charge in [-0.05, 0) is 37.3 Å². The third-order valence-corrected chi connectivity index (χ3v) is 5.04. The number of hydrogen-bond acceptors (Lipinski definition) is 5. The van der Waals surface area contributed by atoms with Crippen molar-refractivity contribution in [2.75, 3.05) is 19.8 Å². The highest BCUT2D eigenvalue weighted by Crippen LogP contribution is 2.34. The molecule has 0 bridgehead atoms. The van der Waals surface area contributed by atoms with E-state index in [-0.39, 0.29) is 0 Å². The molecule has 0 radical (unpaired) electrons. The van der Waals surface area contributed by atoms with Gasteiger partial charge in [-0.2, -0.15) is 5.10 Å². The second kappa shape index (κ2) is 6.29. The Morgan fingerprint density at radius 3 is 3.00 bits per heavy atom. The summed E-state index contributed by atoms with van der Waals surface area (Å²) in [5, 5.41) is 7.68. The molecule has 0 saturated carbocycles. The summed E-state index contributed by atoms with van der Waals surface area (Å²) in [6.45, 7) is 4.17. The van der Waals surface area contributed by atoms with Gasteiger partial charge in [-0.1, -0.05) is 6.07 Å². The van der Waals surface area contributed by atoms with Crippen LogP contribution >= 0.6 is 11.3 Å². The predicted octanol–water partition coefficient (Wildman–Crippen LogP) is 3.91. The Bertz CT molecular complexity index is 792. The highest BCUT2D eigenvalue weighted by molar-refractivity contribution is 7.13. The molecule has 6 heteroatoms. The first-order chi connectivity index (χ1) is 11.4. The van der Waals surface area contributed by atoms with E-state index in [2.05, 4.69) is 27.3 Å². The molecule has 0 amide bonds. The highest BCUT2D eigenvalue weighted by atomic mass is 32.1. The Morgan fingerprint density at radius 1 is 1.39 bits per heavy atom. The van der Waals surface area contributed by atoms with Crippen LogP contribution < -0.4 is 4.74 Å². The van der Waals surface area contributed by atoms with Gasteiger partial charge in [-0.25, -0.2) is 4.98 Å². The number of nitrogens with zero attached hydrogens (tertiary/aromatic N) is 3. The van der Waals surface area contributed by atoms with Crippen molar-refractivity contribution < 1.29 is 9.47 Å². The predicted molar refractivity (Wildman–Crippen MR) is 91.1 cm³/mol. The van der Waals surface area contributed by atoms with E-state index in [0.717, 1.165) is 47.5 Å². The first kappa shape index (κ1) is 14.7. The Hall–Kier alpha value is -1.92. The first-order valence-electron chi connectivity index (χ1n) is 7.99. The number of ether oxygens (including phenoxy) is 2. The molecule has 1 fully saturated rings.